The van der Waals surface area contributed by atoms with Gasteiger partial charge in [-0.2, -0.15) is 0 Å². The molecule has 0 radical (unpaired) electrons. The first-order valence-corrected chi connectivity index (χ1v) is 20.6. The van der Waals surface area contributed by atoms with E-state index in [9.17, 15) is 0 Å². The monoisotopic (exact) mass is 792 g/mol. The molecule has 290 valence electrons. The van der Waals surface area contributed by atoms with E-state index < -0.39 is 0 Å². The predicted octanol–water partition coefficient (Wildman–Crippen LogP) is 13.7. The molecule has 0 atom stereocenters. The lowest BCUT2D eigenvalue weighted by molar-refractivity contribution is 1.07. The smallest absolute Gasteiger partial charge is 0.164 e. The molecule has 0 N–H and O–H groups in total. The Morgan fingerprint density at radius 1 is 0.161 bits per heavy atom. The van der Waals surface area contributed by atoms with Crippen molar-refractivity contribution in [3.8, 4) is 90.6 Å². The molecular weight excluding hydrogens is 757 g/mol. The molecule has 0 saturated heterocycles. The highest BCUT2D eigenvalue weighted by Gasteiger charge is 2.15. The highest BCUT2D eigenvalue weighted by atomic mass is 15.0. The van der Waals surface area contributed by atoms with E-state index in [0.717, 1.165) is 66.4 Å². The van der Waals surface area contributed by atoms with Crippen LogP contribution in [0.1, 0.15) is 0 Å². The maximum Gasteiger partial charge on any atom is 0.164 e. The first kappa shape index (κ1) is 36.6. The molecule has 0 bridgehead atoms. The van der Waals surface area contributed by atoms with Gasteiger partial charge in [0.05, 0.1) is 0 Å². The molecule has 6 heteroatoms. The number of hydrogen-bond donors (Lipinski definition) is 0. The predicted molar refractivity (Wildman–Crippen MR) is 252 cm³/mol. The van der Waals surface area contributed by atoms with Gasteiger partial charge in [0.1, 0.15) is 0 Å². The van der Waals surface area contributed by atoms with Gasteiger partial charge < -0.3 is 0 Å². The lowest BCUT2D eigenvalue weighted by atomic mass is 9.96. The summed E-state index contributed by atoms with van der Waals surface area (Å²) >= 11 is 0. The van der Waals surface area contributed by atoms with Crippen molar-refractivity contribution in [1.29, 1.82) is 0 Å². The van der Waals surface area contributed by atoms with Crippen LogP contribution < -0.4 is 0 Å². The summed E-state index contributed by atoms with van der Waals surface area (Å²) in [4.78, 5) is 29.6. The second-order valence-corrected chi connectivity index (χ2v) is 15.2. The fourth-order valence-electron chi connectivity index (χ4n) is 7.85. The van der Waals surface area contributed by atoms with Crippen LogP contribution in [0.5, 0.6) is 0 Å². The van der Waals surface area contributed by atoms with Crippen molar-refractivity contribution < 1.29 is 0 Å². The lowest BCUT2D eigenvalue weighted by Gasteiger charge is -2.11. The molecule has 0 fully saturated rings. The van der Waals surface area contributed by atoms with Gasteiger partial charge in [0, 0.05) is 33.4 Å². The molecule has 2 heterocycles. The third kappa shape index (κ3) is 7.38. The molecule has 0 spiro atoms. The van der Waals surface area contributed by atoms with Crippen LogP contribution in [0.4, 0.5) is 0 Å². The number of nitrogens with zero attached hydrogens (tertiary/aromatic N) is 6. The summed E-state index contributed by atoms with van der Waals surface area (Å²) in [5.41, 5.74) is 10.1. The fourth-order valence-corrected chi connectivity index (χ4v) is 7.85. The first-order chi connectivity index (χ1) is 30.7. The molecular formula is C56H36N6. The Bertz CT molecular complexity index is 3310. The second-order valence-electron chi connectivity index (χ2n) is 15.2. The lowest BCUT2D eigenvalue weighted by Crippen LogP contribution is -2.00. The van der Waals surface area contributed by atoms with Crippen LogP contribution in [0.3, 0.4) is 0 Å². The van der Waals surface area contributed by atoms with Crippen LogP contribution in [0.25, 0.3) is 112 Å². The maximum atomic E-state index is 5.01. The standard InChI is InChI=1S/C56H36N6/c1-4-13-41(14-5-1)51-57-52(42-15-6-2-7-16-42)59-54(58-51)44-27-20-38(21-28-44)47-31-24-40-25-32-48(36-50(40)35-47)39-22-29-45(30-23-39)55-60-53(43-17-8-3-9-18-43)61-56(62-55)49-33-26-37-12-10-11-19-46(37)34-49/h1-36H. The summed E-state index contributed by atoms with van der Waals surface area (Å²) in [5.74, 6) is 3.84. The number of benzene rings is 9. The molecule has 62 heavy (non-hydrogen) atoms. The Kier molecular flexibility index (Phi) is 9.41. The number of fused-ring (bicyclic) bond motifs is 2. The summed E-state index contributed by atoms with van der Waals surface area (Å²) < 4.78 is 0. The third-order valence-electron chi connectivity index (χ3n) is 11.2. The molecule has 6 nitrogen and oxygen atoms in total. The summed E-state index contributed by atoms with van der Waals surface area (Å²) in [7, 11) is 0. The van der Waals surface area contributed by atoms with Crippen molar-refractivity contribution in [3.63, 3.8) is 0 Å². The Morgan fingerprint density at radius 3 is 0.823 bits per heavy atom. The van der Waals surface area contributed by atoms with Crippen molar-refractivity contribution >= 4 is 21.5 Å². The number of rotatable bonds is 8. The van der Waals surface area contributed by atoms with Gasteiger partial charge in [-0.05, 0) is 62.0 Å². The maximum absolute atomic E-state index is 5.01. The van der Waals surface area contributed by atoms with E-state index in [-0.39, 0.29) is 0 Å². The number of hydrogen-bond acceptors (Lipinski definition) is 6. The van der Waals surface area contributed by atoms with Gasteiger partial charge >= 0.3 is 0 Å². The van der Waals surface area contributed by atoms with Gasteiger partial charge in [-0.3, -0.25) is 0 Å². The second kappa shape index (κ2) is 15.9. The fraction of sp³-hybridized carbons (Fsp3) is 0. The molecule has 0 amide bonds. The highest BCUT2D eigenvalue weighted by molar-refractivity contribution is 5.91. The van der Waals surface area contributed by atoms with Crippen LogP contribution in [0.2, 0.25) is 0 Å². The summed E-state index contributed by atoms with van der Waals surface area (Å²) in [5, 5.41) is 4.66. The summed E-state index contributed by atoms with van der Waals surface area (Å²) in [6, 6.07) is 75.1. The zero-order valence-corrected chi connectivity index (χ0v) is 33.5. The van der Waals surface area contributed by atoms with Crippen LogP contribution in [-0.2, 0) is 0 Å². The third-order valence-corrected chi connectivity index (χ3v) is 11.2. The van der Waals surface area contributed by atoms with Crippen LogP contribution in [-0.4, -0.2) is 29.9 Å². The van der Waals surface area contributed by atoms with Crippen LogP contribution >= 0.6 is 0 Å². The van der Waals surface area contributed by atoms with E-state index in [1.165, 1.54) is 10.8 Å². The van der Waals surface area contributed by atoms with Crippen molar-refractivity contribution in [2.45, 2.75) is 0 Å². The molecule has 0 aliphatic carbocycles. The quantitative estimate of drug-likeness (QED) is 0.152. The van der Waals surface area contributed by atoms with Crippen molar-refractivity contribution in [1.82, 2.24) is 29.9 Å². The Labute approximate surface area is 359 Å². The molecule has 0 unspecified atom stereocenters. The van der Waals surface area contributed by atoms with E-state index in [1.807, 2.05) is 91.0 Å². The minimum atomic E-state index is 0.631. The average molecular weight is 793 g/mol. The van der Waals surface area contributed by atoms with Crippen LogP contribution in [0, 0.1) is 0 Å². The van der Waals surface area contributed by atoms with Crippen LogP contribution in [0.15, 0.2) is 218 Å². The van der Waals surface area contributed by atoms with Gasteiger partial charge in [-0.15, -0.1) is 0 Å². The van der Waals surface area contributed by atoms with E-state index in [0.29, 0.717) is 34.9 Å². The minimum absolute atomic E-state index is 0.631. The van der Waals surface area contributed by atoms with Gasteiger partial charge in [-0.25, -0.2) is 29.9 Å². The molecule has 2 aromatic heterocycles. The van der Waals surface area contributed by atoms with E-state index >= 15 is 0 Å². The molecule has 11 rings (SSSR count). The topological polar surface area (TPSA) is 77.3 Å². The van der Waals surface area contributed by atoms with Crippen molar-refractivity contribution in [2.75, 3.05) is 0 Å². The Balaban J connectivity index is 0.889. The number of aromatic nitrogens is 6. The van der Waals surface area contributed by atoms with E-state index in [4.69, 9.17) is 29.9 Å². The van der Waals surface area contributed by atoms with E-state index in [1.54, 1.807) is 0 Å². The van der Waals surface area contributed by atoms with Crippen molar-refractivity contribution in [3.05, 3.63) is 218 Å². The molecule has 0 aliphatic rings. The Morgan fingerprint density at radius 2 is 0.419 bits per heavy atom. The largest absolute Gasteiger partial charge is 0.208 e. The molecule has 0 aliphatic heterocycles. The van der Waals surface area contributed by atoms with Gasteiger partial charge in [0.2, 0.25) is 0 Å². The summed E-state index contributed by atoms with van der Waals surface area (Å²) in [6.45, 7) is 0. The highest BCUT2D eigenvalue weighted by Crippen LogP contribution is 2.33. The first-order valence-electron chi connectivity index (χ1n) is 20.6. The molecule has 9 aromatic carbocycles. The zero-order valence-electron chi connectivity index (χ0n) is 33.5. The summed E-state index contributed by atoms with van der Waals surface area (Å²) in [6.07, 6.45) is 0. The van der Waals surface area contributed by atoms with Gasteiger partial charge in [-0.1, -0.05) is 200 Å². The average Bonchev–Trinajstić information content (AvgIpc) is 3.36. The van der Waals surface area contributed by atoms with Gasteiger partial charge in [0.15, 0.2) is 34.9 Å². The van der Waals surface area contributed by atoms with E-state index in [2.05, 4.69) is 127 Å². The van der Waals surface area contributed by atoms with Gasteiger partial charge in [0.25, 0.3) is 0 Å². The molecule has 0 saturated carbocycles. The normalized spacial score (nSPS) is 11.2. The minimum Gasteiger partial charge on any atom is -0.208 e. The molecule has 11 aromatic rings. The zero-order chi connectivity index (χ0) is 41.2. The van der Waals surface area contributed by atoms with Crippen molar-refractivity contribution in [2.24, 2.45) is 0 Å². The Hall–Kier alpha value is -8.48. The SMILES string of the molecule is c1ccc(-c2nc(-c3ccccc3)nc(-c3ccc(-c4ccc5ccc(-c6ccc(-c7nc(-c8ccccc8)nc(-c8ccc9ccccc9c8)n7)cc6)cc5c4)cc3)n2)cc1.